The number of halogens is 1. The van der Waals surface area contributed by atoms with Crippen LogP contribution in [0.3, 0.4) is 0 Å². The van der Waals surface area contributed by atoms with E-state index in [0.29, 0.717) is 10.2 Å². The zero-order valence-electron chi connectivity index (χ0n) is 14.0. The second-order valence-corrected chi connectivity index (χ2v) is 7.73. The van der Waals surface area contributed by atoms with E-state index in [1.165, 1.54) is 22.2 Å². The van der Waals surface area contributed by atoms with Gasteiger partial charge >= 0.3 is 5.97 Å². The predicted molar refractivity (Wildman–Crippen MR) is 103 cm³/mol. The van der Waals surface area contributed by atoms with Gasteiger partial charge in [-0.1, -0.05) is 28.1 Å². The minimum absolute atomic E-state index is 0.234. The Labute approximate surface area is 157 Å². The number of hydrogen-bond acceptors (Lipinski definition) is 5. The van der Waals surface area contributed by atoms with Crippen molar-refractivity contribution in [2.75, 3.05) is 0 Å². The first-order valence-electron chi connectivity index (χ1n) is 7.83. The number of nitrogens with zero attached hydrogens (tertiary/aromatic N) is 2. The van der Waals surface area contributed by atoms with Crippen LogP contribution in [0.4, 0.5) is 0 Å². The smallest absolute Gasteiger partial charge is 0.329 e. The van der Waals surface area contributed by atoms with Gasteiger partial charge in [0.25, 0.3) is 5.56 Å². The molecule has 0 radical (unpaired) electrons. The fraction of sp³-hybridized carbons (Fsp3) is 0.278. The molecule has 0 fully saturated rings. The van der Waals surface area contributed by atoms with Crippen LogP contribution in [0.5, 0.6) is 0 Å². The highest BCUT2D eigenvalue weighted by Crippen LogP contribution is 2.31. The number of esters is 1. The van der Waals surface area contributed by atoms with Gasteiger partial charge in [0.1, 0.15) is 10.9 Å². The highest BCUT2D eigenvalue weighted by atomic mass is 79.9. The zero-order valence-corrected chi connectivity index (χ0v) is 16.4. The van der Waals surface area contributed by atoms with Crippen LogP contribution in [-0.4, -0.2) is 21.6 Å². The average molecular weight is 421 g/mol. The normalized spacial score (nSPS) is 12.5. The van der Waals surface area contributed by atoms with E-state index >= 15 is 0 Å². The van der Waals surface area contributed by atoms with Gasteiger partial charge in [-0.2, -0.15) is 0 Å². The average Bonchev–Trinajstić information content (AvgIpc) is 2.99. The molecule has 3 rings (SSSR count). The number of hydrogen-bond donors (Lipinski definition) is 0. The molecule has 0 aliphatic heterocycles. The number of benzene rings is 1. The molecule has 0 amide bonds. The van der Waals surface area contributed by atoms with Crippen molar-refractivity contribution in [3.63, 3.8) is 0 Å². The summed E-state index contributed by atoms with van der Waals surface area (Å²) in [6.07, 6.45) is 1.18. The summed E-state index contributed by atoms with van der Waals surface area (Å²) in [5, 5.41) is 2.45. The third-order valence-corrected chi connectivity index (χ3v) is 5.20. The summed E-state index contributed by atoms with van der Waals surface area (Å²) >= 11 is 4.83. The third-order valence-electron chi connectivity index (χ3n) is 3.78. The molecule has 1 atom stereocenters. The Kier molecular flexibility index (Phi) is 5.06. The largest absolute Gasteiger partial charge is 0.461 e. The molecule has 1 aromatic carbocycles. The number of carbonyl (C=O) groups is 1. The van der Waals surface area contributed by atoms with Crippen LogP contribution in [0, 0.1) is 0 Å². The lowest BCUT2D eigenvalue weighted by Crippen LogP contribution is -2.30. The molecule has 1 unspecified atom stereocenters. The quantitative estimate of drug-likeness (QED) is 0.586. The molecule has 2 aromatic heterocycles. The van der Waals surface area contributed by atoms with Crippen LogP contribution in [0.2, 0.25) is 0 Å². The lowest BCUT2D eigenvalue weighted by molar-refractivity contribution is -0.151. The maximum Gasteiger partial charge on any atom is 0.329 e. The van der Waals surface area contributed by atoms with Gasteiger partial charge < -0.3 is 4.74 Å². The van der Waals surface area contributed by atoms with E-state index < -0.39 is 12.0 Å². The molecule has 0 bridgehead atoms. The maximum atomic E-state index is 13.0. The molecular formula is C18H17BrN2O3S. The van der Waals surface area contributed by atoms with E-state index in [4.69, 9.17) is 4.74 Å². The number of aromatic nitrogens is 2. The van der Waals surface area contributed by atoms with E-state index in [9.17, 15) is 9.59 Å². The molecule has 0 aliphatic rings. The standard InChI is InChI=1S/C18H17BrN2O3S/c1-10(2)24-18(23)11(3)21-9-20-16-15(17(21)22)14(8-25-16)12-4-6-13(19)7-5-12/h4-11H,1-3H3. The molecule has 0 saturated carbocycles. The second-order valence-electron chi connectivity index (χ2n) is 5.96. The van der Waals surface area contributed by atoms with Gasteiger partial charge in [0, 0.05) is 15.4 Å². The van der Waals surface area contributed by atoms with Crippen molar-refractivity contribution in [1.29, 1.82) is 0 Å². The third kappa shape index (κ3) is 3.52. The van der Waals surface area contributed by atoms with Gasteiger partial charge in [-0.3, -0.25) is 9.36 Å². The van der Waals surface area contributed by atoms with Gasteiger partial charge in [0.15, 0.2) is 0 Å². The summed E-state index contributed by atoms with van der Waals surface area (Å²) < 4.78 is 7.52. The van der Waals surface area contributed by atoms with Gasteiger partial charge in [-0.15, -0.1) is 11.3 Å². The summed E-state index contributed by atoms with van der Waals surface area (Å²) in [5.41, 5.74) is 1.52. The van der Waals surface area contributed by atoms with Crippen molar-refractivity contribution in [2.45, 2.75) is 32.9 Å². The first-order chi connectivity index (χ1) is 11.9. The SMILES string of the molecule is CC(C)OC(=O)C(C)n1cnc2scc(-c3ccc(Br)cc3)c2c1=O. The number of rotatable bonds is 4. The Morgan fingerprint density at radius 1 is 1.24 bits per heavy atom. The summed E-state index contributed by atoms with van der Waals surface area (Å²) in [6, 6.07) is 7.01. The number of thiophene rings is 1. The van der Waals surface area contributed by atoms with Crippen molar-refractivity contribution < 1.29 is 9.53 Å². The Morgan fingerprint density at radius 2 is 1.92 bits per heavy atom. The minimum atomic E-state index is -0.732. The van der Waals surface area contributed by atoms with E-state index in [0.717, 1.165) is 15.6 Å². The van der Waals surface area contributed by atoms with Gasteiger partial charge in [-0.25, -0.2) is 9.78 Å². The Hall–Kier alpha value is -1.99. The Bertz CT molecular complexity index is 976. The first kappa shape index (κ1) is 17.8. The Balaban J connectivity index is 2.10. The van der Waals surface area contributed by atoms with Crippen molar-refractivity contribution >= 4 is 43.5 Å². The minimum Gasteiger partial charge on any atom is -0.461 e. The Morgan fingerprint density at radius 3 is 2.56 bits per heavy atom. The van der Waals surface area contributed by atoms with Crippen LogP contribution >= 0.6 is 27.3 Å². The molecule has 2 heterocycles. The van der Waals surface area contributed by atoms with Crippen molar-refractivity contribution in [3.05, 3.63) is 50.8 Å². The molecule has 3 aromatic rings. The van der Waals surface area contributed by atoms with Crippen molar-refractivity contribution in [3.8, 4) is 11.1 Å². The summed E-state index contributed by atoms with van der Waals surface area (Å²) in [4.78, 5) is 30.2. The summed E-state index contributed by atoms with van der Waals surface area (Å²) in [5.74, 6) is -0.446. The zero-order chi connectivity index (χ0) is 18.1. The number of carbonyl (C=O) groups excluding carboxylic acids is 1. The van der Waals surface area contributed by atoms with Crippen LogP contribution in [0.25, 0.3) is 21.3 Å². The molecule has 7 heteroatoms. The van der Waals surface area contributed by atoms with E-state index in [-0.39, 0.29) is 11.7 Å². The molecule has 0 spiro atoms. The van der Waals surface area contributed by atoms with Gasteiger partial charge in [0.2, 0.25) is 0 Å². The fourth-order valence-corrected chi connectivity index (χ4v) is 3.68. The lowest BCUT2D eigenvalue weighted by atomic mass is 10.1. The highest BCUT2D eigenvalue weighted by molar-refractivity contribution is 9.10. The van der Waals surface area contributed by atoms with E-state index in [2.05, 4.69) is 20.9 Å². The molecule has 0 aliphatic carbocycles. The van der Waals surface area contributed by atoms with Crippen LogP contribution < -0.4 is 5.56 Å². The number of ether oxygens (including phenoxy) is 1. The lowest BCUT2D eigenvalue weighted by Gasteiger charge is -2.16. The maximum absolute atomic E-state index is 13.0. The molecule has 5 nitrogen and oxygen atoms in total. The highest BCUT2D eigenvalue weighted by Gasteiger charge is 2.22. The topological polar surface area (TPSA) is 61.2 Å². The molecule has 25 heavy (non-hydrogen) atoms. The van der Waals surface area contributed by atoms with Gasteiger partial charge in [0.05, 0.1) is 17.8 Å². The first-order valence-corrected chi connectivity index (χ1v) is 9.50. The van der Waals surface area contributed by atoms with Crippen LogP contribution in [0.15, 0.2) is 45.2 Å². The predicted octanol–water partition coefficient (Wildman–Crippen LogP) is 4.40. The van der Waals surface area contributed by atoms with E-state index in [1.807, 2.05) is 29.6 Å². The fourth-order valence-electron chi connectivity index (χ4n) is 2.51. The molecular weight excluding hydrogens is 404 g/mol. The summed E-state index contributed by atoms with van der Waals surface area (Å²) in [7, 11) is 0. The van der Waals surface area contributed by atoms with Gasteiger partial charge in [-0.05, 0) is 38.5 Å². The molecule has 130 valence electrons. The molecule has 0 N–H and O–H groups in total. The van der Waals surface area contributed by atoms with Crippen LogP contribution in [0.1, 0.15) is 26.8 Å². The van der Waals surface area contributed by atoms with E-state index in [1.54, 1.807) is 20.8 Å². The van der Waals surface area contributed by atoms with Crippen molar-refractivity contribution in [2.24, 2.45) is 0 Å². The molecule has 0 saturated heterocycles. The summed E-state index contributed by atoms with van der Waals surface area (Å²) in [6.45, 7) is 5.20. The monoisotopic (exact) mass is 420 g/mol. The second kappa shape index (κ2) is 7.09. The van der Waals surface area contributed by atoms with Crippen molar-refractivity contribution in [1.82, 2.24) is 9.55 Å². The van der Waals surface area contributed by atoms with Crippen LogP contribution in [-0.2, 0) is 9.53 Å². The number of fused-ring (bicyclic) bond motifs is 1.